The second kappa shape index (κ2) is 13.6. The quantitative estimate of drug-likeness (QED) is 0.239. The normalized spacial score (nSPS) is 13.1. The number of thioether (sulfide) groups is 1. The molecule has 2 N–H and O–H groups in total. The molecule has 0 aliphatic rings. The van der Waals surface area contributed by atoms with E-state index in [0.717, 1.165) is 11.5 Å². The van der Waals surface area contributed by atoms with E-state index in [0.29, 0.717) is 12.5 Å². The van der Waals surface area contributed by atoms with Crippen molar-refractivity contribution in [3.05, 3.63) is 101 Å². The second-order valence-corrected chi connectivity index (χ2v) is 10.3. The highest BCUT2D eigenvalue weighted by molar-refractivity contribution is 8.00. The molecule has 2 nitrogen and oxygen atoms in total. The van der Waals surface area contributed by atoms with Crippen molar-refractivity contribution in [2.24, 2.45) is 5.73 Å². The Kier molecular flexibility index (Phi) is 10.6. The van der Waals surface area contributed by atoms with E-state index in [1.165, 1.54) is 60.8 Å². The fourth-order valence-electron chi connectivity index (χ4n) is 4.83. The third-order valence-electron chi connectivity index (χ3n) is 6.71. The van der Waals surface area contributed by atoms with Gasteiger partial charge in [0.05, 0.1) is 11.9 Å². The number of rotatable bonds is 14. The predicted molar refractivity (Wildman–Crippen MR) is 149 cm³/mol. The van der Waals surface area contributed by atoms with E-state index in [1.54, 1.807) is 7.11 Å². The molecule has 0 fully saturated rings. The van der Waals surface area contributed by atoms with Gasteiger partial charge in [-0.3, -0.25) is 0 Å². The van der Waals surface area contributed by atoms with Crippen molar-refractivity contribution >= 4 is 11.8 Å². The highest BCUT2D eigenvalue weighted by Gasteiger charge is 2.37. The first-order valence-corrected chi connectivity index (χ1v) is 13.8. The first-order chi connectivity index (χ1) is 16.7. The van der Waals surface area contributed by atoms with Gasteiger partial charge >= 0.3 is 0 Å². The minimum atomic E-state index is -0.326. The van der Waals surface area contributed by atoms with Gasteiger partial charge in [-0.05, 0) is 53.1 Å². The van der Waals surface area contributed by atoms with Gasteiger partial charge in [-0.2, -0.15) is 0 Å². The number of ether oxygens (including phenoxy) is 1. The maximum Gasteiger partial charge on any atom is 0.118 e. The molecular formula is C31H41NOS. The van der Waals surface area contributed by atoms with Crippen molar-refractivity contribution < 1.29 is 4.74 Å². The van der Waals surface area contributed by atoms with E-state index in [1.807, 2.05) is 11.8 Å². The Bertz CT molecular complexity index is 947. The first-order valence-electron chi connectivity index (χ1n) is 12.8. The summed E-state index contributed by atoms with van der Waals surface area (Å²) < 4.78 is 5.13. The number of unbranched alkanes of at least 4 members (excludes halogenated alkanes) is 2. The van der Waals surface area contributed by atoms with Gasteiger partial charge < -0.3 is 10.5 Å². The molecular weight excluding hydrogens is 434 g/mol. The van der Waals surface area contributed by atoms with E-state index in [9.17, 15) is 0 Å². The fraction of sp³-hybridized carbons (Fsp3) is 0.419. The molecule has 0 saturated heterocycles. The maximum atomic E-state index is 6.03. The molecule has 0 aliphatic carbocycles. The van der Waals surface area contributed by atoms with Crippen molar-refractivity contribution in [3.63, 3.8) is 0 Å². The summed E-state index contributed by atoms with van der Waals surface area (Å²) in [5.74, 6) is 2.40. The number of hydrogen-bond acceptors (Lipinski definition) is 3. The van der Waals surface area contributed by atoms with E-state index < -0.39 is 0 Å². The molecule has 0 radical (unpaired) electrons. The SMILES string of the molecule is CCCCC(CCCC)c1ccc(C(SCCN)(c2ccccc2)c2ccc(OC)cc2)cc1. The summed E-state index contributed by atoms with van der Waals surface area (Å²) in [6.07, 6.45) is 7.65. The molecule has 3 rings (SSSR count). The second-order valence-electron chi connectivity index (χ2n) is 9.02. The highest BCUT2D eigenvalue weighted by atomic mass is 32.2. The van der Waals surface area contributed by atoms with Crippen LogP contribution in [0.1, 0.15) is 80.5 Å². The van der Waals surface area contributed by atoms with Crippen molar-refractivity contribution in [1.29, 1.82) is 0 Å². The third kappa shape index (κ3) is 6.25. The van der Waals surface area contributed by atoms with Crippen LogP contribution >= 0.6 is 11.8 Å². The molecule has 182 valence electrons. The lowest BCUT2D eigenvalue weighted by atomic mass is 9.82. The monoisotopic (exact) mass is 475 g/mol. The van der Waals surface area contributed by atoms with Gasteiger partial charge in [0.2, 0.25) is 0 Å². The molecule has 0 heterocycles. The minimum absolute atomic E-state index is 0.326. The van der Waals surface area contributed by atoms with Crippen LogP contribution in [0.4, 0.5) is 0 Å². The van der Waals surface area contributed by atoms with E-state index in [4.69, 9.17) is 10.5 Å². The van der Waals surface area contributed by atoms with Crippen molar-refractivity contribution in [1.82, 2.24) is 0 Å². The van der Waals surface area contributed by atoms with Crippen LogP contribution in [0.3, 0.4) is 0 Å². The lowest BCUT2D eigenvalue weighted by Crippen LogP contribution is -2.27. The third-order valence-corrected chi connectivity index (χ3v) is 8.29. The number of benzene rings is 3. The van der Waals surface area contributed by atoms with Crippen molar-refractivity contribution in [2.45, 2.75) is 63.0 Å². The summed E-state index contributed by atoms with van der Waals surface area (Å²) in [5.41, 5.74) is 11.3. The summed E-state index contributed by atoms with van der Waals surface area (Å²) in [5, 5.41) is 0. The van der Waals surface area contributed by atoms with Crippen LogP contribution in [-0.2, 0) is 4.75 Å². The van der Waals surface area contributed by atoms with Crippen LogP contribution in [0.5, 0.6) is 5.75 Å². The van der Waals surface area contributed by atoms with Crippen LogP contribution in [0.25, 0.3) is 0 Å². The molecule has 0 saturated carbocycles. The fourth-order valence-corrected chi connectivity index (χ4v) is 6.16. The average molecular weight is 476 g/mol. The first kappa shape index (κ1) is 26.4. The Balaban J connectivity index is 2.09. The number of methoxy groups -OCH3 is 1. The van der Waals surface area contributed by atoms with Crippen molar-refractivity contribution in [3.8, 4) is 5.75 Å². The highest BCUT2D eigenvalue weighted by Crippen LogP contribution is 2.49. The molecule has 1 atom stereocenters. The van der Waals surface area contributed by atoms with Gasteiger partial charge in [-0.1, -0.05) is 106 Å². The summed E-state index contributed by atoms with van der Waals surface area (Å²) in [6, 6.07) is 28.9. The van der Waals surface area contributed by atoms with Gasteiger partial charge in [0, 0.05) is 12.3 Å². The van der Waals surface area contributed by atoms with Gasteiger partial charge in [-0.15, -0.1) is 11.8 Å². The largest absolute Gasteiger partial charge is 0.497 e. The molecule has 0 spiro atoms. The molecule has 0 bridgehead atoms. The molecule has 1 unspecified atom stereocenters. The summed E-state index contributed by atoms with van der Waals surface area (Å²) in [6.45, 7) is 5.22. The topological polar surface area (TPSA) is 35.2 Å². The van der Waals surface area contributed by atoms with Gasteiger partial charge in [0.1, 0.15) is 5.75 Å². The number of nitrogens with two attached hydrogens (primary N) is 1. The Morgan fingerprint density at radius 1 is 0.765 bits per heavy atom. The van der Waals surface area contributed by atoms with Crippen LogP contribution < -0.4 is 10.5 Å². The maximum absolute atomic E-state index is 6.03. The molecule has 3 aromatic rings. The lowest BCUT2D eigenvalue weighted by molar-refractivity contribution is 0.414. The van der Waals surface area contributed by atoms with E-state index in [-0.39, 0.29) is 4.75 Å². The summed E-state index contributed by atoms with van der Waals surface area (Å²) >= 11 is 1.92. The van der Waals surface area contributed by atoms with Gasteiger partial charge in [0.15, 0.2) is 0 Å². The standard InChI is InChI=1S/C31H41NOS/c1-4-6-11-25(12-7-5-2)26-15-17-28(18-16-26)31(34-24-23-32,27-13-9-8-10-14-27)29-19-21-30(33-3)22-20-29/h8-10,13-22,25H,4-7,11-12,23-24,32H2,1-3H3. The summed E-state index contributed by atoms with van der Waals surface area (Å²) in [7, 11) is 1.72. The minimum Gasteiger partial charge on any atom is -0.497 e. The molecule has 0 amide bonds. The van der Waals surface area contributed by atoms with Gasteiger partial charge in [0.25, 0.3) is 0 Å². The molecule has 0 aromatic heterocycles. The Morgan fingerprint density at radius 3 is 1.79 bits per heavy atom. The zero-order valence-electron chi connectivity index (χ0n) is 21.1. The van der Waals surface area contributed by atoms with E-state index in [2.05, 4.69) is 92.7 Å². The van der Waals surface area contributed by atoms with E-state index >= 15 is 0 Å². The zero-order valence-corrected chi connectivity index (χ0v) is 22.0. The zero-order chi connectivity index (χ0) is 24.2. The smallest absolute Gasteiger partial charge is 0.118 e. The summed E-state index contributed by atoms with van der Waals surface area (Å²) in [4.78, 5) is 0. The van der Waals surface area contributed by atoms with Crippen LogP contribution in [0, 0.1) is 0 Å². The Hall–Kier alpha value is -2.23. The molecule has 0 aliphatic heterocycles. The van der Waals surface area contributed by atoms with Crippen molar-refractivity contribution in [2.75, 3.05) is 19.4 Å². The van der Waals surface area contributed by atoms with Crippen LogP contribution in [0.15, 0.2) is 78.9 Å². The van der Waals surface area contributed by atoms with Crippen LogP contribution in [-0.4, -0.2) is 19.4 Å². The Labute approximate surface area is 211 Å². The lowest BCUT2D eigenvalue weighted by Gasteiger charge is -2.36. The average Bonchev–Trinajstić information content (AvgIpc) is 2.90. The van der Waals surface area contributed by atoms with Gasteiger partial charge in [-0.25, -0.2) is 0 Å². The number of hydrogen-bond donors (Lipinski definition) is 1. The predicted octanol–water partition coefficient (Wildman–Crippen LogP) is 8.14. The molecule has 3 aromatic carbocycles. The molecule has 34 heavy (non-hydrogen) atoms. The molecule has 3 heteroatoms. The Morgan fingerprint density at radius 2 is 1.29 bits per heavy atom. The van der Waals surface area contributed by atoms with Crippen LogP contribution in [0.2, 0.25) is 0 Å².